The van der Waals surface area contributed by atoms with Gasteiger partial charge in [-0.1, -0.05) is 102 Å². The maximum absolute atomic E-state index is 12.6. The molecular weight excluding hydrogens is 523 g/mol. The third-order valence-electron chi connectivity index (χ3n) is 7.16. The number of carbonyl (C=O) groups excluding carboxylic acids is 1. The summed E-state index contributed by atoms with van der Waals surface area (Å²) in [7, 11) is -4.14. The summed E-state index contributed by atoms with van der Waals surface area (Å²) in [6.45, 7) is 2.63. The van der Waals surface area contributed by atoms with Gasteiger partial charge in [-0.3, -0.25) is 14.3 Å². The number of ether oxygens (including phenoxy) is 1. The van der Waals surface area contributed by atoms with Gasteiger partial charge in [0.05, 0.1) is 11.9 Å². The molecular formula is C32H51N2O5P. The molecule has 0 bridgehead atoms. The third kappa shape index (κ3) is 17.5. The summed E-state index contributed by atoms with van der Waals surface area (Å²) in [5, 5.41) is 3.02. The Morgan fingerprint density at radius 1 is 0.875 bits per heavy atom. The molecule has 40 heavy (non-hydrogen) atoms. The van der Waals surface area contributed by atoms with Crippen LogP contribution in [-0.2, 0) is 22.4 Å². The summed E-state index contributed by atoms with van der Waals surface area (Å²) in [6, 6.07) is 12.9. The summed E-state index contributed by atoms with van der Waals surface area (Å²) in [6.07, 6.45) is 19.0. The van der Waals surface area contributed by atoms with Gasteiger partial charge in [0.1, 0.15) is 12.4 Å². The maximum atomic E-state index is 12.6. The molecule has 1 aromatic carbocycles. The highest BCUT2D eigenvalue weighted by Gasteiger charge is 2.19. The molecule has 2 rings (SSSR count). The second kappa shape index (κ2) is 20.6. The van der Waals surface area contributed by atoms with E-state index in [0.717, 1.165) is 30.5 Å². The Labute approximate surface area is 241 Å². The molecule has 0 radical (unpaired) electrons. The van der Waals surface area contributed by atoms with E-state index in [0.29, 0.717) is 25.2 Å². The summed E-state index contributed by atoms with van der Waals surface area (Å²) in [5.41, 5.74) is 1.82. The second-order valence-electron chi connectivity index (χ2n) is 10.9. The minimum atomic E-state index is -4.14. The molecule has 1 aromatic heterocycles. The molecule has 1 atom stereocenters. The zero-order valence-electron chi connectivity index (χ0n) is 24.4. The Bertz CT molecular complexity index is 965. The predicted octanol–water partition coefficient (Wildman–Crippen LogP) is 7.74. The quantitative estimate of drug-likeness (QED) is 0.0925. The minimum Gasteiger partial charge on any atom is -0.487 e. The number of benzene rings is 1. The van der Waals surface area contributed by atoms with Crippen LogP contribution < -0.4 is 10.1 Å². The van der Waals surface area contributed by atoms with Gasteiger partial charge in [-0.05, 0) is 49.1 Å². The molecule has 0 aliphatic heterocycles. The molecule has 2 aromatic rings. The van der Waals surface area contributed by atoms with E-state index in [2.05, 4.69) is 17.2 Å². The van der Waals surface area contributed by atoms with Gasteiger partial charge in [0.15, 0.2) is 0 Å². The average molecular weight is 575 g/mol. The Morgan fingerprint density at radius 3 is 2.02 bits per heavy atom. The van der Waals surface area contributed by atoms with Crippen LogP contribution in [0.5, 0.6) is 5.75 Å². The molecule has 0 spiro atoms. The Kier molecular flexibility index (Phi) is 17.5. The Balaban J connectivity index is 1.66. The summed E-state index contributed by atoms with van der Waals surface area (Å²) >= 11 is 0. The molecule has 1 heterocycles. The molecule has 224 valence electrons. The smallest absolute Gasteiger partial charge is 0.325 e. The van der Waals surface area contributed by atoms with Gasteiger partial charge < -0.3 is 19.8 Å². The molecule has 0 aliphatic carbocycles. The fourth-order valence-electron chi connectivity index (χ4n) is 4.80. The van der Waals surface area contributed by atoms with Gasteiger partial charge in [0.25, 0.3) is 0 Å². The number of unbranched alkanes of at least 4 members (excludes halogenated alkanes) is 12. The van der Waals surface area contributed by atoms with Crippen molar-refractivity contribution in [1.82, 2.24) is 10.3 Å². The lowest BCUT2D eigenvalue weighted by molar-refractivity contribution is -0.121. The first-order valence-electron chi connectivity index (χ1n) is 15.3. The topological polar surface area (TPSA) is 109 Å². The number of hydrogen-bond donors (Lipinski definition) is 3. The first kappa shape index (κ1) is 34.0. The van der Waals surface area contributed by atoms with Crippen molar-refractivity contribution in [2.24, 2.45) is 0 Å². The maximum Gasteiger partial charge on any atom is 0.325 e. The lowest BCUT2D eigenvalue weighted by Gasteiger charge is -2.20. The molecule has 0 saturated carbocycles. The van der Waals surface area contributed by atoms with Crippen LogP contribution in [0.3, 0.4) is 0 Å². The predicted molar refractivity (Wildman–Crippen MR) is 162 cm³/mol. The van der Waals surface area contributed by atoms with E-state index < -0.39 is 7.60 Å². The zero-order valence-corrected chi connectivity index (χ0v) is 25.3. The molecule has 0 aliphatic rings. The van der Waals surface area contributed by atoms with Crippen molar-refractivity contribution in [3.05, 3.63) is 59.9 Å². The summed E-state index contributed by atoms with van der Waals surface area (Å²) < 4.78 is 17.3. The number of nitrogens with zero attached hydrogens (tertiary/aromatic N) is 1. The largest absolute Gasteiger partial charge is 0.487 e. The van der Waals surface area contributed by atoms with Crippen LogP contribution >= 0.6 is 7.60 Å². The van der Waals surface area contributed by atoms with E-state index in [1.807, 2.05) is 42.5 Å². The second-order valence-corrected chi connectivity index (χ2v) is 12.7. The molecule has 0 unspecified atom stereocenters. The van der Waals surface area contributed by atoms with Crippen molar-refractivity contribution in [3.63, 3.8) is 0 Å². The fraction of sp³-hybridized carbons (Fsp3) is 0.625. The van der Waals surface area contributed by atoms with Crippen LogP contribution in [0.25, 0.3) is 0 Å². The van der Waals surface area contributed by atoms with Crippen LogP contribution in [0, 0.1) is 0 Å². The van der Waals surface area contributed by atoms with E-state index in [4.69, 9.17) is 4.74 Å². The summed E-state index contributed by atoms with van der Waals surface area (Å²) in [5.74, 6) is 0.668. The van der Waals surface area contributed by atoms with Crippen LogP contribution in [0.2, 0.25) is 0 Å². The first-order valence-corrected chi connectivity index (χ1v) is 17.1. The van der Waals surface area contributed by atoms with Crippen molar-refractivity contribution in [1.29, 1.82) is 0 Å². The van der Waals surface area contributed by atoms with Gasteiger partial charge in [-0.2, -0.15) is 0 Å². The lowest BCUT2D eigenvalue weighted by Crippen LogP contribution is -2.37. The van der Waals surface area contributed by atoms with Crippen molar-refractivity contribution in [3.8, 4) is 5.75 Å². The van der Waals surface area contributed by atoms with E-state index in [1.54, 1.807) is 6.20 Å². The average Bonchev–Trinajstić information content (AvgIpc) is 2.94. The number of rotatable bonds is 23. The highest BCUT2D eigenvalue weighted by atomic mass is 31.2. The standard InChI is InChI=1S/C32H51N2O5P/c1-2-3-4-5-6-7-8-9-10-11-12-13-14-18-32(35)34-29(23-25-40(36,37)38)26-28-19-21-31(22-20-28)39-27-30-17-15-16-24-33-30/h15-17,19-22,24,29H,2-14,18,23,25-27H2,1H3,(H,34,35)(H2,36,37,38)/t29-/m1/s1. The molecule has 3 N–H and O–H groups in total. The number of nitrogens with one attached hydrogen (secondary N) is 1. The van der Waals surface area contributed by atoms with E-state index >= 15 is 0 Å². The number of amides is 1. The van der Waals surface area contributed by atoms with Crippen LogP contribution in [-0.4, -0.2) is 32.9 Å². The van der Waals surface area contributed by atoms with E-state index in [9.17, 15) is 19.1 Å². The van der Waals surface area contributed by atoms with Gasteiger partial charge in [0.2, 0.25) is 5.91 Å². The third-order valence-corrected chi connectivity index (χ3v) is 8.00. The van der Waals surface area contributed by atoms with Gasteiger partial charge in [-0.15, -0.1) is 0 Å². The highest BCUT2D eigenvalue weighted by molar-refractivity contribution is 7.51. The van der Waals surface area contributed by atoms with Crippen LogP contribution in [0.4, 0.5) is 0 Å². The molecule has 8 heteroatoms. The molecule has 7 nitrogen and oxygen atoms in total. The number of pyridine rings is 1. The summed E-state index contributed by atoms with van der Waals surface area (Å²) in [4.78, 5) is 35.6. The Morgan fingerprint density at radius 2 is 1.48 bits per heavy atom. The van der Waals surface area contributed by atoms with E-state index in [-0.39, 0.29) is 24.5 Å². The fourth-order valence-corrected chi connectivity index (χ4v) is 5.45. The minimum absolute atomic E-state index is 0.0471. The first-order chi connectivity index (χ1) is 19.4. The molecule has 1 amide bonds. The number of carbonyl (C=O) groups is 1. The Hall–Kier alpha value is -2.21. The van der Waals surface area contributed by atoms with Crippen molar-refractivity contribution in [2.75, 3.05) is 6.16 Å². The number of hydrogen-bond acceptors (Lipinski definition) is 4. The van der Waals surface area contributed by atoms with Gasteiger partial charge >= 0.3 is 7.60 Å². The van der Waals surface area contributed by atoms with Crippen molar-refractivity contribution < 1.29 is 23.9 Å². The normalized spacial score (nSPS) is 12.3. The SMILES string of the molecule is CCCCCCCCCCCCCCCC(=O)N[C@H](CCP(=O)(O)O)Cc1ccc(OCc2ccccn2)cc1. The monoisotopic (exact) mass is 574 g/mol. The van der Waals surface area contributed by atoms with Gasteiger partial charge in [-0.25, -0.2) is 0 Å². The number of aromatic nitrogens is 1. The van der Waals surface area contributed by atoms with Gasteiger partial charge in [0, 0.05) is 18.7 Å². The zero-order chi connectivity index (χ0) is 28.9. The lowest BCUT2D eigenvalue weighted by atomic mass is 10.0. The molecule has 0 fully saturated rings. The molecule has 0 saturated heterocycles. The van der Waals surface area contributed by atoms with Crippen molar-refractivity contribution >= 4 is 13.5 Å². The van der Waals surface area contributed by atoms with Crippen LogP contribution in [0.1, 0.15) is 114 Å². The van der Waals surface area contributed by atoms with Crippen LogP contribution in [0.15, 0.2) is 48.7 Å². The van der Waals surface area contributed by atoms with E-state index in [1.165, 1.54) is 64.2 Å². The highest BCUT2D eigenvalue weighted by Crippen LogP contribution is 2.35. The van der Waals surface area contributed by atoms with Crippen molar-refractivity contribution in [2.45, 2.75) is 122 Å².